The minimum atomic E-state index is 0.00561. The smallest absolute Gasteiger partial charge is 0.231 e. The standard InChI is InChI=1S/C12H12N2O4/c15-4-3-11-13-14-12(18-11)6-8-1-2-9-10(5-8)17-7-16-9/h1-2,5,15H,3-4,6-7H2. The zero-order valence-electron chi connectivity index (χ0n) is 9.63. The average molecular weight is 248 g/mol. The molecule has 1 aliphatic rings. The van der Waals surface area contributed by atoms with Crippen LogP contribution in [0.3, 0.4) is 0 Å². The third-order valence-electron chi connectivity index (χ3n) is 2.63. The van der Waals surface area contributed by atoms with Crippen LogP contribution in [0, 0.1) is 0 Å². The van der Waals surface area contributed by atoms with Gasteiger partial charge in [0.2, 0.25) is 18.6 Å². The van der Waals surface area contributed by atoms with E-state index >= 15 is 0 Å². The number of ether oxygens (including phenoxy) is 2. The minimum Gasteiger partial charge on any atom is -0.454 e. The molecule has 3 rings (SSSR count). The highest BCUT2D eigenvalue weighted by atomic mass is 16.7. The predicted molar refractivity (Wildman–Crippen MR) is 60.5 cm³/mol. The molecular weight excluding hydrogens is 236 g/mol. The first-order valence-electron chi connectivity index (χ1n) is 5.66. The molecule has 0 saturated heterocycles. The second-order valence-corrected chi connectivity index (χ2v) is 3.93. The van der Waals surface area contributed by atoms with E-state index in [9.17, 15) is 0 Å². The van der Waals surface area contributed by atoms with Gasteiger partial charge in [-0.05, 0) is 17.7 Å². The Labute approximate surface area is 103 Å². The summed E-state index contributed by atoms with van der Waals surface area (Å²) in [5.74, 6) is 2.47. The van der Waals surface area contributed by atoms with Crippen molar-refractivity contribution in [3.8, 4) is 11.5 Å². The molecule has 1 aliphatic heterocycles. The second-order valence-electron chi connectivity index (χ2n) is 3.93. The Hall–Kier alpha value is -2.08. The molecule has 2 aromatic rings. The van der Waals surface area contributed by atoms with E-state index in [-0.39, 0.29) is 13.4 Å². The molecule has 0 unspecified atom stereocenters. The third kappa shape index (κ3) is 2.14. The molecule has 94 valence electrons. The number of rotatable bonds is 4. The normalized spacial score (nSPS) is 12.9. The molecule has 2 heterocycles. The quantitative estimate of drug-likeness (QED) is 0.867. The van der Waals surface area contributed by atoms with Crippen LogP contribution in [-0.4, -0.2) is 28.7 Å². The van der Waals surface area contributed by atoms with E-state index in [1.54, 1.807) is 0 Å². The van der Waals surface area contributed by atoms with Gasteiger partial charge in [0.05, 0.1) is 13.0 Å². The monoisotopic (exact) mass is 248 g/mol. The zero-order valence-corrected chi connectivity index (χ0v) is 9.63. The highest BCUT2D eigenvalue weighted by Crippen LogP contribution is 2.32. The van der Waals surface area contributed by atoms with Crippen LogP contribution >= 0.6 is 0 Å². The topological polar surface area (TPSA) is 77.6 Å². The number of fused-ring (bicyclic) bond motifs is 1. The number of aromatic nitrogens is 2. The summed E-state index contributed by atoms with van der Waals surface area (Å²) in [5.41, 5.74) is 1.01. The number of hydrogen-bond donors (Lipinski definition) is 1. The minimum absolute atomic E-state index is 0.00561. The van der Waals surface area contributed by atoms with Crippen molar-refractivity contribution in [1.82, 2.24) is 10.2 Å². The summed E-state index contributed by atoms with van der Waals surface area (Å²) in [6, 6.07) is 5.70. The molecule has 1 aromatic heterocycles. The van der Waals surface area contributed by atoms with E-state index in [2.05, 4.69) is 10.2 Å². The van der Waals surface area contributed by atoms with Gasteiger partial charge in [0.25, 0.3) is 0 Å². The summed E-state index contributed by atoms with van der Waals surface area (Å²) in [6.07, 6.45) is 0.920. The van der Waals surface area contributed by atoms with E-state index < -0.39 is 0 Å². The molecule has 0 bridgehead atoms. The van der Waals surface area contributed by atoms with E-state index in [1.165, 1.54) is 0 Å². The Morgan fingerprint density at radius 1 is 1.11 bits per heavy atom. The van der Waals surface area contributed by atoms with E-state index in [0.717, 1.165) is 17.1 Å². The Morgan fingerprint density at radius 2 is 1.94 bits per heavy atom. The molecule has 0 fully saturated rings. The van der Waals surface area contributed by atoms with Crippen LogP contribution in [0.15, 0.2) is 22.6 Å². The second kappa shape index (κ2) is 4.66. The maximum absolute atomic E-state index is 8.77. The third-order valence-corrected chi connectivity index (χ3v) is 2.63. The molecule has 1 aromatic carbocycles. The molecule has 0 spiro atoms. The van der Waals surface area contributed by atoms with Crippen LogP contribution in [0.5, 0.6) is 11.5 Å². The molecule has 1 N–H and O–H groups in total. The molecule has 0 saturated carbocycles. The fraction of sp³-hybridized carbons (Fsp3) is 0.333. The lowest BCUT2D eigenvalue weighted by molar-refractivity contribution is 0.174. The lowest BCUT2D eigenvalue weighted by atomic mass is 10.1. The van der Waals surface area contributed by atoms with Gasteiger partial charge in [0.1, 0.15) is 0 Å². The van der Waals surface area contributed by atoms with Crippen molar-refractivity contribution >= 4 is 0 Å². The first kappa shape index (κ1) is 11.0. The lowest BCUT2D eigenvalue weighted by Gasteiger charge is -1.99. The van der Waals surface area contributed by atoms with Crippen molar-refractivity contribution in [2.75, 3.05) is 13.4 Å². The van der Waals surface area contributed by atoms with Crippen LogP contribution in [0.2, 0.25) is 0 Å². The number of aliphatic hydroxyl groups excluding tert-OH is 1. The van der Waals surface area contributed by atoms with Crippen LogP contribution in [-0.2, 0) is 12.8 Å². The van der Waals surface area contributed by atoms with E-state index in [1.807, 2.05) is 18.2 Å². The summed E-state index contributed by atoms with van der Waals surface area (Å²) in [7, 11) is 0. The Bertz CT molecular complexity index is 553. The lowest BCUT2D eigenvalue weighted by Crippen LogP contribution is -1.93. The summed E-state index contributed by atoms with van der Waals surface area (Å²) >= 11 is 0. The molecule has 0 amide bonds. The van der Waals surface area contributed by atoms with Gasteiger partial charge in [-0.15, -0.1) is 10.2 Å². The van der Waals surface area contributed by atoms with Gasteiger partial charge < -0.3 is 19.0 Å². The van der Waals surface area contributed by atoms with Crippen molar-refractivity contribution in [2.24, 2.45) is 0 Å². The largest absolute Gasteiger partial charge is 0.454 e. The summed E-state index contributed by atoms with van der Waals surface area (Å²) in [5, 5.41) is 16.5. The molecule has 0 atom stereocenters. The van der Waals surface area contributed by atoms with Crippen LogP contribution < -0.4 is 9.47 Å². The van der Waals surface area contributed by atoms with Gasteiger partial charge in [0.15, 0.2) is 11.5 Å². The van der Waals surface area contributed by atoms with E-state index in [4.69, 9.17) is 19.0 Å². The molecule has 18 heavy (non-hydrogen) atoms. The Kier molecular flexibility index (Phi) is 2.85. The Morgan fingerprint density at radius 3 is 2.83 bits per heavy atom. The molecule has 0 radical (unpaired) electrons. The number of hydrogen-bond acceptors (Lipinski definition) is 6. The van der Waals surface area contributed by atoms with Gasteiger partial charge >= 0.3 is 0 Å². The molecule has 6 nitrogen and oxygen atoms in total. The van der Waals surface area contributed by atoms with Gasteiger partial charge in [-0.25, -0.2) is 0 Å². The van der Waals surface area contributed by atoms with Crippen LogP contribution in [0.1, 0.15) is 17.3 Å². The number of aliphatic hydroxyl groups is 1. The fourth-order valence-corrected chi connectivity index (χ4v) is 1.78. The van der Waals surface area contributed by atoms with Crippen molar-refractivity contribution in [1.29, 1.82) is 0 Å². The molecular formula is C12H12N2O4. The van der Waals surface area contributed by atoms with Gasteiger partial charge in [-0.3, -0.25) is 0 Å². The molecule has 6 heteroatoms. The van der Waals surface area contributed by atoms with Gasteiger partial charge in [0, 0.05) is 6.42 Å². The average Bonchev–Trinajstić information content (AvgIpc) is 2.98. The Balaban J connectivity index is 1.75. The number of nitrogens with zero attached hydrogens (tertiary/aromatic N) is 2. The van der Waals surface area contributed by atoms with Crippen LogP contribution in [0.4, 0.5) is 0 Å². The highest BCUT2D eigenvalue weighted by Gasteiger charge is 2.14. The predicted octanol–water partition coefficient (Wildman–Crippen LogP) is 0.924. The fourth-order valence-electron chi connectivity index (χ4n) is 1.78. The van der Waals surface area contributed by atoms with Gasteiger partial charge in [-0.2, -0.15) is 0 Å². The summed E-state index contributed by atoms with van der Waals surface area (Å²) < 4.78 is 15.9. The first-order chi connectivity index (χ1) is 8.85. The highest BCUT2D eigenvalue weighted by molar-refractivity contribution is 5.44. The van der Waals surface area contributed by atoms with Crippen molar-refractivity contribution in [2.45, 2.75) is 12.8 Å². The van der Waals surface area contributed by atoms with Crippen molar-refractivity contribution < 1.29 is 19.0 Å². The molecule has 0 aliphatic carbocycles. The SMILES string of the molecule is OCCc1nnc(Cc2ccc3c(c2)OCO3)o1. The summed E-state index contributed by atoms with van der Waals surface area (Å²) in [4.78, 5) is 0. The first-order valence-corrected chi connectivity index (χ1v) is 5.66. The van der Waals surface area contributed by atoms with Crippen molar-refractivity contribution in [3.05, 3.63) is 35.5 Å². The zero-order chi connectivity index (χ0) is 12.4. The maximum atomic E-state index is 8.77. The van der Waals surface area contributed by atoms with Crippen LogP contribution in [0.25, 0.3) is 0 Å². The van der Waals surface area contributed by atoms with Gasteiger partial charge in [-0.1, -0.05) is 6.07 Å². The summed E-state index contributed by atoms with van der Waals surface area (Å²) in [6.45, 7) is 0.269. The van der Waals surface area contributed by atoms with Crippen molar-refractivity contribution in [3.63, 3.8) is 0 Å². The number of benzene rings is 1. The maximum Gasteiger partial charge on any atom is 0.231 e. The van der Waals surface area contributed by atoms with E-state index in [0.29, 0.717) is 24.6 Å².